The second-order valence-electron chi connectivity index (χ2n) is 8.44. The summed E-state index contributed by atoms with van der Waals surface area (Å²) < 4.78 is 21.7. The molecular formula is C20H28O6. The summed E-state index contributed by atoms with van der Waals surface area (Å²) in [5, 5.41) is 0. The molecule has 2 saturated heterocycles. The average molecular weight is 364 g/mol. The standard InChI is InChI=1S/C20H28O6/c1-11-5-15-17(25-15)7-13(11)9-23-19(21)3-4-20(22)24-10-14-8-18-16(26-18)6-12(14)2/h3-4,11-18H,5-10H2,1-2H3/b4-3-. The van der Waals surface area contributed by atoms with Crippen molar-refractivity contribution in [3.8, 4) is 0 Å². The SMILES string of the molecule is CC1CC2OC2CC1COC(=O)/C=C\C(=O)OCC1CC2OC2CC1C. The Kier molecular flexibility index (Phi) is 5.06. The molecule has 0 aromatic carbocycles. The summed E-state index contributed by atoms with van der Waals surface area (Å²) in [6.07, 6.45) is 7.89. The molecule has 4 aliphatic rings. The average Bonchev–Trinajstić information content (AvgIpc) is 3.51. The molecule has 6 heteroatoms. The molecule has 144 valence electrons. The molecule has 2 aliphatic carbocycles. The van der Waals surface area contributed by atoms with Crippen molar-refractivity contribution in [3.05, 3.63) is 12.2 Å². The molecule has 2 aliphatic heterocycles. The number of carbonyl (C=O) groups excluding carboxylic acids is 2. The lowest BCUT2D eigenvalue weighted by molar-refractivity contribution is -0.142. The van der Waals surface area contributed by atoms with Crippen molar-refractivity contribution in [2.45, 2.75) is 63.9 Å². The molecule has 0 N–H and O–H groups in total. The first-order valence-electron chi connectivity index (χ1n) is 9.82. The van der Waals surface area contributed by atoms with Crippen LogP contribution in [0.15, 0.2) is 12.2 Å². The lowest BCUT2D eigenvalue weighted by Gasteiger charge is -2.25. The number of fused-ring (bicyclic) bond motifs is 2. The quantitative estimate of drug-likeness (QED) is 0.409. The van der Waals surface area contributed by atoms with Crippen LogP contribution >= 0.6 is 0 Å². The van der Waals surface area contributed by atoms with Crippen LogP contribution in [0.25, 0.3) is 0 Å². The number of ether oxygens (including phenoxy) is 4. The topological polar surface area (TPSA) is 77.7 Å². The van der Waals surface area contributed by atoms with Crippen molar-refractivity contribution in [1.82, 2.24) is 0 Å². The van der Waals surface area contributed by atoms with E-state index in [2.05, 4.69) is 13.8 Å². The van der Waals surface area contributed by atoms with Gasteiger partial charge in [-0.25, -0.2) is 9.59 Å². The van der Waals surface area contributed by atoms with Gasteiger partial charge in [-0.05, 0) is 49.4 Å². The van der Waals surface area contributed by atoms with Crippen LogP contribution in [0.3, 0.4) is 0 Å². The zero-order chi connectivity index (χ0) is 18.3. The molecule has 8 unspecified atom stereocenters. The minimum atomic E-state index is -0.492. The van der Waals surface area contributed by atoms with Crippen molar-refractivity contribution in [2.24, 2.45) is 23.7 Å². The number of esters is 2. The fourth-order valence-corrected chi connectivity index (χ4v) is 4.44. The zero-order valence-corrected chi connectivity index (χ0v) is 15.5. The number of rotatable bonds is 6. The molecule has 4 rings (SSSR count). The fourth-order valence-electron chi connectivity index (χ4n) is 4.44. The van der Waals surface area contributed by atoms with Crippen LogP contribution in [-0.2, 0) is 28.5 Å². The molecule has 0 amide bonds. The van der Waals surface area contributed by atoms with Crippen LogP contribution in [0.2, 0.25) is 0 Å². The Bertz CT molecular complexity index is 537. The molecule has 0 aromatic heterocycles. The van der Waals surface area contributed by atoms with Gasteiger partial charge in [-0.3, -0.25) is 0 Å². The van der Waals surface area contributed by atoms with E-state index in [-0.39, 0.29) is 0 Å². The van der Waals surface area contributed by atoms with E-state index in [4.69, 9.17) is 18.9 Å². The van der Waals surface area contributed by atoms with Crippen LogP contribution in [0.5, 0.6) is 0 Å². The summed E-state index contributed by atoms with van der Waals surface area (Å²) in [5.41, 5.74) is 0. The first-order chi connectivity index (χ1) is 12.5. The summed E-state index contributed by atoms with van der Waals surface area (Å²) in [6, 6.07) is 0. The molecule has 6 nitrogen and oxygen atoms in total. The summed E-state index contributed by atoms with van der Waals surface area (Å²) in [4.78, 5) is 23.7. The molecule has 4 fully saturated rings. The van der Waals surface area contributed by atoms with E-state index in [1.54, 1.807) is 0 Å². The largest absolute Gasteiger partial charge is 0.462 e. The van der Waals surface area contributed by atoms with Gasteiger partial charge in [-0.2, -0.15) is 0 Å². The first-order valence-corrected chi connectivity index (χ1v) is 9.82. The fraction of sp³-hybridized carbons (Fsp3) is 0.800. The highest BCUT2D eigenvalue weighted by atomic mass is 16.6. The molecule has 2 heterocycles. The lowest BCUT2D eigenvalue weighted by atomic mass is 9.81. The number of hydrogen-bond acceptors (Lipinski definition) is 6. The predicted molar refractivity (Wildman–Crippen MR) is 92.2 cm³/mol. The van der Waals surface area contributed by atoms with Crippen molar-refractivity contribution in [3.63, 3.8) is 0 Å². The maximum absolute atomic E-state index is 11.8. The smallest absolute Gasteiger partial charge is 0.331 e. The Morgan fingerprint density at radius 3 is 1.58 bits per heavy atom. The third-order valence-corrected chi connectivity index (χ3v) is 6.50. The van der Waals surface area contributed by atoms with Gasteiger partial charge in [0.15, 0.2) is 0 Å². The maximum atomic E-state index is 11.8. The second-order valence-corrected chi connectivity index (χ2v) is 8.44. The second kappa shape index (κ2) is 7.31. The lowest BCUT2D eigenvalue weighted by Crippen LogP contribution is -2.27. The molecule has 26 heavy (non-hydrogen) atoms. The Balaban J connectivity index is 1.14. The summed E-state index contributed by atoms with van der Waals surface area (Å²) >= 11 is 0. The maximum Gasteiger partial charge on any atom is 0.331 e. The minimum absolute atomic E-state index is 0.337. The van der Waals surface area contributed by atoms with Gasteiger partial charge in [-0.1, -0.05) is 13.8 Å². The Hall–Kier alpha value is -1.40. The number of carbonyl (C=O) groups is 2. The van der Waals surface area contributed by atoms with Gasteiger partial charge >= 0.3 is 11.9 Å². The molecule has 0 spiro atoms. The normalized spacial score (nSPS) is 43.3. The van der Waals surface area contributed by atoms with Gasteiger partial charge < -0.3 is 18.9 Å². The molecule has 0 radical (unpaired) electrons. The van der Waals surface area contributed by atoms with E-state index < -0.39 is 11.9 Å². The van der Waals surface area contributed by atoms with Gasteiger partial charge in [0.25, 0.3) is 0 Å². The third-order valence-electron chi connectivity index (χ3n) is 6.50. The summed E-state index contributed by atoms with van der Waals surface area (Å²) in [7, 11) is 0. The highest BCUT2D eigenvalue weighted by molar-refractivity contribution is 5.91. The van der Waals surface area contributed by atoms with Crippen molar-refractivity contribution < 1.29 is 28.5 Å². The molecular weight excluding hydrogens is 336 g/mol. The van der Waals surface area contributed by atoms with Gasteiger partial charge in [0.05, 0.1) is 37.6 Å². The monoisotopic (exact) mass is 364 g/mol. The Morgan fingerprint density at radius 2 is 1.15 bits per heavy atom. The molecule has 0 aromatic rings. The van der Waals surface area contributed by atoms with Crippen LogP contribution in [0.1, 0.15) is 39.5 Å². The molecule has 8 atom stereocenters. The number of hydrogen-bond donors (Lipinski definition) is 0. The Labute approximate surface area is 154 Å². The highest BCUT2D eigenvalue weighted by Crippen LogP contribution is 2.43. The summed E-state index contributed by atoms with van der Waals surface area (Å²) in [6.45, 7) is 5.11. The van der Waals surface area contributed by atoms with E-state index in [0.717, 1.165) is 37.8 Å². The van der Waals surface area contributed by atoms with Gasteiger partial charge in [0, 0.05) is 12.2 Å². The number of epoxide rings is 2. The molecule has 2 saturated carbocycles. The van der Waals surface area contributed by atoms with Crippen LogP contribution in [-0.4, -0.2) is 49.6 Å². The van der Waals surface area contributed by atoms with Crippen LogP contribution in [0, 0.1) is 23.7 Å². The van der Waals surface area contributed by atoms with Crippen molar-refractivity contribution in [1.29, 1.82) is 0 Å². The van der Waals surface area contributed by atoms with Crippen LogP contribution in [0.4, 0.5) is 0 Å². The van der Waals surface area contributed by atoms with E-state index in [1.807, 2.05) is 0 Å². The van der Waals surface area contributed by atoms with E-state index in [9.17, 15) is 9.59 Å². The minimum Gasteiger partial charge on any atom is -0.462 e. The first kappa shape index (κ1) is 18.0. The predicted octanol–water partition coefficient (Wildman–Crippen LogP) is 2.26. The van der Waals surface area contributed by atoms with E-state index in [1.165, 1.54) is 0 Å². The van der Waals surface area contributed by atoms with Gasteiger partial charge in [-0.15, -0.1) is 0 Å². The third kappa shape index (κ3) is 4.29. The summed E-state index contributed by atoms with van der Waals surface area (Å²) in [5.74, 6) is 0.677. The van der Waals surface area contributed by atoms with Gasteiger partial charge in [0.1, 0.15) is 0 Å². The van der Waals surface area contributed by atoms with Crippen molar-refractivity contribution in [2.75, 3.05) is 13.2 Å². The van der Waals surface area contributed by atoms with E-state index >= 15 is 0 Å². The van der Waals surface area contributed by atoms with Crippen molar-refractivity contribution >= 4 is 11.9 Å². The zero-order valence-electron chi connectivity index (χ0n) is 15.5. The van der Waals surface area contributed by atoms with E-state index in [0.29, 0.717) is 61.3 Å². The van der Waals surface area contributed by atoms with Gasteiger partial charge in [0.2, 0.25) is 0 Å². The van der Waals surface area contributed by atoms with Crippen LogP contribution < -0.4 is 0 Å². The Morgan fingerprint density at radius 1 is 0.769 bits per heavy atom. The molecule has 0 bridgehead atoms. The highest BCUT2D eigenvalue weighted by Gasteiger charge is 2.47.